The van der Waals surface area contributed by atoms with Crippen molar-refractivity contribution in [1.29, 1.82) is 0 Å². The normalized spacial score (nSPS) is 11.1. The molecule has 2 rings (SSSR count). The standard InChI is InChI=1S/C21H31N5O3/c1-14(2)11-25(17(27)13-24(5)16-9-7-6-8-10-16)18-19(22)26(12-15(3)4)21(29)23-20(18)28/h6-10,14-15H,11-13,22H2,1-5H3,(H,23,28,29). The van der Waals surface area contributed by atoms with Crippen LogP contribution in [0.5, 0.6) is 0 Å². The molecular formula is C21H31N5O3. The molecule has 2 aromatic rings. The molecule has 0 unspecified atom stereocenters. The van der Waals surface area contributed by atoms with Gasteiger partial charge in [0.2, 0.25) is 5.91 Å². The van der Waals surface area contributed by atoms with Crippen LogP contribution in [0.25, 0.3) is 0 Å². The molecule has 0 fully saturated rings. The Hall–Kier alpha value is -3.03. The Balaban J connectivity index is 2.45. The van der Waals surface area contributed by atoms with Crippen LogP contribution in [0, 0.1) is 11.8 Å². The zero-order valence-electron chi connectivity index (χ0n) is 17.8. The smallest absolute Gasteiger partial charge is 0.330 e. The lowest BCUT2D eigenvalue weighted by atomic mass is 10.2. The second-order valence-electron chi connectivity index (χ2n) is 8.09. The number of nitrogen functional groups attached to an aromatic ring is 1. The van der Waals surface area contributed by atoms with E-state index in [0.29, 0.717) is 13.1 Å². The Morgan fingerprint density at radius 1 is 1.10 bits per heavy atom. The first-order chi connectivity index (χ1) is 13.6. The Morgan fingerprint density at radius 3 is 2.28 bits per heavy atom. The number of nitrogens with two attached hydrogens (primary N) is 1. The molecule has 1 aromatic carbocycles. The average Bonchev–Trinajstić information content (AvgIpc) is 2.64. The summed E-state index contributed by atoms with van der Waals surface area (Å²) in [6, 6.07) is 9.51. The second-order valence-corrected chi connectivity index (χ2v) is 8.09. The average molecular weight is 402 g/mol. The van der Waals surface area contributed by atoms with Crippen molar-refractivity contribution < 1.29 is 4.79 Å². The van der Waals surface area contributed by atoms with E-state index in [1.807, 2.05) is 70.0 Å². The molecule has 0 radical (unpaired) electrons. The van der Waals surface area contributed by atoms with Gasteiger partial charge in [0, 0.05) is 25.8 Å². The van der Waals surface area contributed by atoms with Gasteiger partial charge in [-0.15, -0.1) is 0 Å². The molecule has 8 nitrogen and oxygen atoms in total. The monoisotopic (exact) mass is 401 g/mol. The minimum atomic E-state index is -0.649. The van der Waals surface area contributed by atoms with Gasteiger partial charge in [-0.1, -0.05) is 45.9 Å². The fourth-order valence-electron chi connectivity index (χ4n) is 3.13. The van der Waals surface area contributed by atoms with Crippen molar-refractivity contribution in [1.82, 2.24) is 9.55 Å². The minimum absolute atomic E-state index is 0.0174. The van der Waals surface area contributed by atoms with Crippen molar-refractivity contribution in [3.63, 3.8) is 0 Å². The highest BCUT2D eigenvalue weighted by molar-refractivity contribution is 5.98. The summed E-state index contributed by atoms with van der Waals surface area (Å²) in [6.07, 6.45) is 0. The quantitative estimate of drug-likeness (QED) is 0.703. The van der Waals surface area contributed by atoms with Crippen LogP contribution in [0.3, 0.4) is 0 Å². The summed E-state index contributed by atoms with van der Waals surface area (Å²) >= 11 is 0. The number of aromatic nitrogens is 2. The van der Waals surface area contributed by atoms with Gasteiger partial charge in [-0.05, 0) is 24.0 Å². The van der Waals surface area contributed by atoms with Gasteiger partial charge in [0.1, 0.15) is 5.82 Å². The number of benzene rings is 1. The molecule has 1 aromatic heterocycles. The minimum Gasteiger partial charge on any atom is -0.383 e. The van der Waals surface area contributed by atoms with Gasteiger partial charge < -0.3 is 15.5 Å². The van der Waals surface area contributed by atoms with Crippen LogP contribution in [-0.2, 0) is 11.3 Å². The summed E-state index contributed by atoms with van der Waals surface area (Å²) in [4.78, 5) is 43.6. The van der Waals surface area contributed by atoms with Crippen molar-refractivity contribution in [2.75, 3.05) is 35.7 Å². The van der Waals surface area contributed by atoms with E-state index in [9.17, 15) is 14.4 Å². The number of hydrogen-bond acceptors (Lipinski definition) is 5. The zero-order chi connectivity index (χ0) is 21.7. The molecule has 1 amide bonds. The maximum absolute atomic E-state index is 13.2. The first-order valence-electron chi connectivity index (χ1n) is 9.81. The number of para-hydroxylation sites is 1. The SMILES string of the molecule is CC(C)CN(C(=O)CN(C)c1ccccc1)c1c(N)n(CC(C)C)c(=O)[nH]c1=O. The highest BCUT2D eigenvalue weighted by Crippen LogP contribution is 2.20. The molecule has 8 heteroatoms. The molecule has 3 N–H and O–H groups in total. The number of amides is 1. The van der Waals surface area contributed by atoms with Gasteiger partial charge in [0.25, 0.3) is 5.56 Å². The molecule has 0 atom stereocenters. The molecule has 29 heavy (non-hydrogen) atoms. The predicted molar refractivity (Wildman–Crippen MR) is 117 cm³/mol. The van der Waals surface area contributed by atoms with Crippen molar-refractivity contribution >= 4 is 23.1 Å². The van der Waals surface area contributed by atoms with Gasteiger partial charge in [-0.3, -0.25) is 19.1 Å². The number of nitrogens with zero attached hydrogens (tertiary/aromatic N) is 3. The molecule has 0 aliphatic carbocycles. The third-order valence-electron chi connectivity index (χ3n) is 4.45. The maximum Gasteiger partial charge on any atom is 0.330 e. The lowest BCUT2D eigenvalue weighted by Gasteiger charge is -2.28. The lowest BCUT2D eigenvalue weighted by Crippen LogP contribution is -2.46. The summed E-state index contributed by atoms with van der Waals surface area (Å²) in [5.74, 6) is -0.00159. The van der Waals surface area contributed by atoms with Gasteiger partial charge >= 0.3 is 5.69 Å². The summed E-state index contributed by atoms with van der Waals surface area (Å²) in [5, 5.41) is 0. The van der Waals surface area contributed by atoms with Crippen LogP contribution in [0.4, 0.5) is 17.2 Å². The van der Waals surface area contributed by atoms with E-state index in [0.717, 1.165) is 5.69 Å². The molecule has 0 saturated heterocycles. The Morgan fingerprint density at radius 2 is 1.72 bits per heavy atom. The molecule has 0 aliphatic heterocycles. The summed E-state index contributed by atoms with van der Waals surface area (Å²) in [6.45, 7) is 8.53. The molecule has 0 spiro atoms. The van der Waals surface area contributed by atoms with Crippen LogP contribution >= 0.6 is 0 Å². The number of H-pyrrole nitrogens is 1. The number of anilines is 3. The van der Waals surface area contributed by atoms with E-state index >= 15 is 0 Å². The van der Waals surface area contributed by atoms with Crippen LogP contribution in [0.2, 0.25) is 0 Å². The molecule has 0 bridgehead atoms. The third-order valence-corrected chi connectivity index (χ3v) is 4.45. The third kappa shape index (κ3) is 5.49. The van der Waals surface area contributed by atoms with E-state index in [2.05, 4.69) is 4.98 Å². The Kier molecular flexibility index (Phi) is 7.25. The second kappa shape index (κ2) is 9.45. The van der Waals surface area contributed by atoms with Gasteiger partial charge in [-0.2, -0.15) is 0 Å². The van der Waals surface area contributed by atoms with E-state index in [1.165, 1.54) is 9.47 Å². The number of hydrogen-bond donors (Lipinski definition) is 2. The van der Waals surface area contributed by atoms with Crippen molar-refractivity contribution in [2.45, 2.75) is 34.2 Å². The fraction of sp³-hybridized carbons (Fsp3) is 0.476. The van der Waals surface area contributed by atoms with E-state index in [-0.39, 0.29) is 35.8 Å². The summed E-state index contributed by atoms with van der Waals surface area (Å²) < 4.78 is 1.32. The maximum atomic E-state index is 13.2. The van der Waals surface area contributed by atoms with Gasteiger partial charge in [0.05, 0.1) is 6.54 Å². The summed E-state index contributed by atoms with van der Waals surface area (Å²) in [7, 11) is 1.81. The molecular weight excluding hydrogens is 370 g/mol. The van der Waals surface area contributed by atoms with E-state index in [1.54, 1.807) is 0 Å². The Labute approximate surface area is 170 Å². The highest BCUT2D eigenvalue weighted by atomic mass is 16.2. The number of carbonyl (C=O) groups excluding carboxylic acids is 1. The van der Waals surface area contributed by atoms with Gasteiger partial charge in [-0.25, -0.2) is 4.79 Å². The zero-order valence-corrected chi connectivity index (χ0v) is 17.8. The molecule has 1 heterocycles. The number of likely N-dealkylation sites (N-methyl/N-ethyl adjacent to an activating group) is 1. The topological polar surface area (TPSA) is 104 Å². The number of rotatable bonds is 8. The fourth-order valence-corrected chi connectivity index (χ4v) is 3.13. The highest BCUT2D eigenvalue weighted by Gasteiger charge is 2.26. The van der Waals surface area contributed by atoms with Crippen molar-refractivity contribution in [2.24, 2.45) is 11.8 Å². The number of nitrogens with one attached hydrogen (secondary N) is 1. The number of carbonyl (C=O) groups is 1. The largest absolute Gasteiger partial charge is 0.383 e. The summed E-state index contributed by atoms with van der Waals surface area (Å²) in [5.41, 5.74) is 5.93. The lowest BCUT2D eigenvalue weighted by molar-refractivity contribution is -0.117. The first kappa shape index (κ1) is 22.3. The van der Waals surface area contributed by atoms with Crippen LogP contribution in [0.1, 0.15) is 27.7 Å². The Bertz CT molecular complexity index is 947. The predicted octanol–water partition coefficient (Wildman–Crippen LogP) is 1.90. The number of aromatic amines is 1. The molecule has 0 saturated carbocycles. The molecule has 158 valence electrons. The molecule has 0 aliphatic rings. The van der Waals surface area contributed by atoms with Crippen molar-refractivity contribution in [3.05, 3.63) is 51.2 Å². The van der Waals surface area contributed by atoms with Crippen molar-refractivity contribution in [3.8, 4) is 0 Å². The van der Waals surface area contributed by atoms with Crippen LogP contribution in [0.15, 0.2) is 39.9 Å². The van der Waals surface area contributed by atoms with Crippen LogP contribution in [-0.4, -0.2) is 35.6 Å². The van der Waals surface area contributed by atoms with E-state index in [4.69, 9.17) is 5.73 Å². The van der Waals surface area contributed by atoms with Crippen LogP contribution < -0.4 is 26.8 Å². The van der Waals surface area contributed by atoms with Gasteiger partial charge in [0.15, 0.2) is 5.69 Å². The van der Waals surface area contributed by atoms with E-state index < -0.39 is 11.2 Å². The first-order valence-corrected chi connectivity index (χ1v) is 9.81.